The second-order valence-electron chi connectivity index (χ2n) is 11.0. The Kier molecular flexibility index (Phi) is 8.94. The van der Waals surface area contributed by atoms with E-state index in [4.69, 9.17) is 16.6 Å². The maximum absolute atomic E-state index is 14.1. The zero-order valence-electron chi connectivity index (χ0n) is 24.4. The van der Waals surface area contributed by atoms with E-state index in [2.05, 4.69) is 27.0 Å². The van der Waals surface area contributed by atoms with Crippen LogP contribution in [-0.2, 0) is 28.1 Å². The van der Waals surface area contributed by atoms with Crippen molar-refractivity contribution < 1.29 is 22.0 Å². The molecule has 5 rings (SSSR count). The fourth-order valence-corrected chi connectivity index (χ4v) is 7.52. The first-order chi connectivity index (χ1) is 20.9. The van der Waals surface area contributed by atoms with Crippen LogP contribution in [0.15, 0.2) is 42.5 Å². The van der Waals surface area contributed by atoms with Crippen molar-refractivity contribution >= 4 is 56.5 Å². The summed E-state index contributed by atoms with van der Waals surface area (Å²) in [5.41, 5.74) is 2.91. The third kappa shape index (κ3) is 6.27. The number of hydrogen-bond acceptors (Lipinski definition) is 7. The molecule has 0 aliphatic heterocycles. The van der Waals surface area contributed by atoms with Crippen LogP contribution < -0.4 is 10.0 Å². The Bertz CT molecular complexity index is 1910. The molecular weight excluding hydrogens is 628 g/mol. The largest absolute Gasteiger partial charge is 0.350 e. The zero-order chi connectivity index (χ0) is 31.8. The van der Waals surface area contributed by atoms with Gasteiger partial charge in [0.15, 0.2) is 15.7 Å². The molecule has 44 heavy (non-hydrogen) atoms. The lowest BCUT2D eigenvalue weighted by Crippen LogP contribution is -2.33. The number of amides is 1. The van der Waals surface area contributed by atoms with Crippen molar-refractivity contribution in [2.75, 3.05) is 11.0 Å². The van der Waals surface area contributed by atoms with Crippen LogP contribution in [0, 0.1) is 23.5 Å². The number of sulfone groups is 1. The van der Waals surface area contributed by atoms with Gasteiger partial charge in [-0.1, -0.05) is 35.5 Å². The van der Waals surface area contributed by atoms with E-state index in [1.807, 2.05) is 12.3 Å². The number of benzene rings is 2. The molecule has 2 aromatic heterocycles. The molecule has 0 saturated heterocycles. The summed E-state index contributed by atoms with van der Waals surface area (Å²) in [6.45, 7) is 3.15. The zero-order valence-corrected chi connectivity index (χ0v) is 26.8. The maximum Gasteiger partial charge on any atom is 0.207 e. The van der Waals surface area contributed by atoms with E-state index < -0.39 is 32.3 Å². The van der Waals surface area contributed by atoms with Gasteiger partial charge in [-0.25, -0.2) is 22.2 Å². The Morgan fingerprint density at radius 3 is 2.48 bits per heavy atom. The van der Waals surface area contributed by atoms with Crippen LogP contribution in [0.1, 0.15) is 49.7 Å². The lowest BCUT2D eigenvalue weighted by molar-refractivity contribution is -0.110. The van der Waals surface area contributed by atoms with Gasteiger partial charge < -0.3 is 10.0 Å². The Hall–Kier alpha value is -3.66. The summed E-state index contributed by atoms with van der Waals surface area (Å²) in [5, 5.41) is 8.10. The molecule has 2 heterocycles. The Labute approximate surface area is 264 Å². The van der Waals surface area contributed by atoms with E-state index in [0.29, 0.717) is 63.4 Å². The van der Waals surface area contributed by atoms with Crippen molar-refractivity contribution in [3.8, 4) is 23.0 Å². The molecule has 1 amide bonds. The molecule has 230 valence electrons. The van der Waals surface area contributed by atoms with Gasteiger partial charge in [0.25, 0.3) is 0 Å². The predicted molar refractivity (Wildman–Crippen MR) is 171 cm³/mol. The average molecular weight is 658 g/mol. The number of aryl methyl sites for hydroxylation is 1. The number of pyridine rings is 1. The molecule has 0 spiro atoms. The molecular formula is C31H30ClF2N5O3S2. The monoisotopic (exact) mass is 657 g/mol. The highest BCUT2D eigenvalue weighted by Gasteiger charge is 2.45. The summed E-state index contributed by atoms with van der Waals surface area (Å²) in [7, 11) is -1.69. The first kappa shape index (κ1) is 31.8. The standard InChI is InChI=1S/C31H30ClF2N5O3S2/c1-31(2,44(41,42)22-6-7-22)12-11-21-5-8-23(24-9-10-25(32)27-29(24)39(3)37-30(27)38-43-4)28(36-21)26(35-17-40)15-18-13-19(33)16-20(34)14-18/h5,8-10,13-14,16-17,22,26H,6-7,15H2,1-4H3,(H,35,40)(H,37,38). The minimum absolute atomic E-state index is 0.00720. The van der Waals surface area contributed by atoms with E-state index in [1.165, 1.54) is 24.1 Å². The SMILES string of the molecule is CSNc1nn(C)c2c(-c3ccc(C#CC(C)(C)S(=O)(=O)C4CC4)nc3C(Cc3cc(F)cc(F)c3)NC=O)ccc(Cl)c12. The smallest absolute Gasteiger partial charge is 0.207 e. The normalized spacial score (nSPS) is 14.2. The van der Waals surface area contributed by atoms with Gasteiger partial charge in [0.1, 0.15) is 22.1 Å². The third-order valence-corrected chi connectivity index (χ3v) is 11.1. The lowest BCUT2D eigenvalue weighted by Gasteiger charge is -2.21. The van der Waals surface area contributed by atoms with Gasteiger partial charge in [0, 0.05) is 30.5 Å². The minimum Gasteiger partial charge on any atom is -0.350 e. The Morgan fingerprint density at radius 1 is 1.16 bits per heavy atom. The van der Waals surface area contributed by atoms with Gasteiger partial charge in [-0.15, -0.1) is 0 Å². The topological polar surface area (TPSA) is 106 Å². The van der Waals surface area contributed by atoms with Crippen molar-refractivity contribution in [1.82, 2.24) is 20.1 Å². The fourth-order valence-electron chi connectivity index (χ4n) is 5.16. The number of hydrogen-bond donors (Lipinski definition) is 2. The fraction of sp³-hybridized carbons (Fsp3) is 0.323. The molecule has 2 N–H and O–H groups in total. The number of nitrogens with one attached hydrogen (secondary N) is 2. The van der Waals surface area contributed by atoms with Crippen molar-refractivity contribution in [3.63, 3.8) is 0 Å². The van der Waals surface area contributed by atoms with Gasteiger partial charge in [-0.05, 0) is 74.9 Å². The summed E-state index contributed by atoms with van der Waals surface area (Å²) in [6, 6.07) is 9.32. The first-order valence-corrected chi connectivity index (χ1v) is 16.9. The van der Waals surface area contributed by atoms with Crippen LogP contribution >= 0.6 is 23.5 Å². The van der Waals surface area contributed by atoms with Crippen molar-refractivity contribution in [2.45, 2.75) is 49.1 Å². The van der Waals surface area contributed by atoms with Crippen LogP contribution in [0.3, 0.4) is 0 Å². The van der Waals surface area contributed by atoms with Gasteiger partial charge in [0.05, 0.1) is 32.9 Å². The van der Waals surface area contributed by atoms with Gasteiger partial charge in [0.2, 0.25) is 6.41 Å². The lowest BCUT2D eigenvalue weighted by atomic mass is 9.94. The molecule has 0 radical (unpaired) electrons. The van der Waals surface area contributed by atoms with Gasteiger partial charge in [-0.3, -0.25) is 9.48 Å². The molecule has 4 aromatic rings. The highest BCUT2D eigenvalue weighted by atomic mass is 35.5. The van der Waals surface area contributed by atoms with E-state index in [9.17, 15) is 22.0 Å². The summed E-state index contributed by atoms with van der Waals surface area (Å²) >= 11 is 7.98. The van der Waals surface area contributed by atoms with Gasteiger partial charge >= 0.3 is 0 Å². The molecule has 1 fully saturated rings. The molecule has 1 unspecified atom stereocenters. The van der Waals surface area contributed by atoms with E-state index >= 15 is 0 Å². The van der Waals surface area contributed by atoms with E-state index in [0.717, 1.165) is 6.07 Å². The molecule has 2 aromatic carbocycles. The van der Waals surface area contributed by atoms with E-state index in [-0.39, 0.29) is 17.4 Å². The average Bonchev–Trinajstić information content (AvgIpc) is 3.77. The van der Waals surface area contributed by atoms with E-state index in [1.54, 1.807) is 43.8 Å². The second kappa shape index (κ2) is 12.4. The molecule has 8 nitrogen and oxygen atoms in total. The maximum atomic E-state index is 14.1. The van der Waals surface area contributed by atoms with Crippen molar-refractivity contribution in [2.24, 2.45) is 7.05 Å². The molecule has 1 atom stereocenters. The number of carbonyl (C=O) groups excluding carboxylic acids is 1. The van der Waals surface area contributed by atoms with Crippen LogP contribution in [0.2, 0.25) is 5.02 Å². The number of aromatic nitrogens is 3. The number of halogens is 3. The summed E-state index contributed by atoms with van der Waals surface area (Å²) in [6.07, 6.45) is 3.62. The van der Waals surface area contributed by atoms with Gasteiger partial charge in [-0.2, -0.15) is 5.10 Å². The molecule has 1 aliphatic carbocycles. The molecule has 1 aliphatic rings. The second-order valence-corrected chi connectivity index (χ2v) is 14.8. The number of anilines is 1. The first-order valence-electron chi connectivity index (χ1n) is 13.7. The highest BCUT2D eigenvalue weighted by molar-refractivity contribution is 7.99. The molecule has 1 saturated carbocycles. The third-order valence-electron chi connectivity index (χ3n) is 7.48. The van der Waals surface area contributed by atoms with Crippen molar-refractivity contribution in [3.05, 3.63) is 76.1 Å². The van der Waals surface area contributed by atoms with Crippen LogP contribution in [0.5, 0.6) is 0 Å². The minimum atomic E-state index is -3.47. The molecule has 13 heteroatoms. The quantitative estimate of drug-likeness (QED) is 0.123. The van der Waals surface area contributed by atoms with Crippen LogP contribution in [0.25, 0.3) is 22.0 Å². The summed E-state index contributed by atoms with van der Waals surface area (Å²) < 4.78 is 57.7. The highest BCUT2D eigenvalue weighted by Crippen LogP contribution is 2.40. The number of fused-ring (bicyclic) bond motifs is 1. The number of nitrogens with zero attached hydrogens (tertiary/aromatic N) is 3. The summed E-state index contributed by atoms with van der Waals surface area (Å²) in [5.74, 6) is 4.88. The number of carbonyl (C=O) groups is 1. The van der Waals surface area contributed by atoms with Crippen LogP contribution in [-0.4, -0.2) is 45.8 Å². The molecule has 0 bridgehead atoms. The van der Waals surface area contributed by atoms with Crippen molar-refractivity contribution in [1.29, 1.82) is 0 Å². The van der Waals surface area contributed by atoms with Crippen LogP contribution in [0.4, 0.5) is 14.6 Å². The Morgan fingerprint density at radius 2 is 1.84 bits per heavy atom. The summed E-state index contributed by atoms with van der Waals surface area (Å²) in [4.78, 5) is 16.6. The Balaban J connectivity index is 1.70. The predicted octanol–water partition coefficient (Wildman–Crippen LogP) is 5.99. The number of rotatable bonds is 10.